The van der Waals surface area contributed by atoms with Crippen LogP contribution in [0.2, 0.25) is 0 Å². The van der Waals surface area contributed by atoms with Gasteiger partial charge in [0.05, 0.1) is 14.2 Å². The second kappa shape index (κ2) is 10.7. The first-order valence-corrected chi connectivity index (χ1v) is 10.3. The second-order valence-electron chi connectivity index (χ2n) is 7.34. The Morgan fingerprint density at radius 1 is 1.12 bits per heavy atom. The number of methoxy groups -OCH3 is 2. The van der Waals surface area contributed by atoms with E-state index in [1.807, 2.05) is 0 Å². The van der Waals surface area contributed by atoms with Crippen molar-refractivity contribution in [1.82, 2.24) is 14.9 Å². The van der Waals surface area contributed by atoms with Crippen LogP contribution in [0, 0.1) is 12.7 Å². The van der Waals surface area contributed by atoms with Crippen molar-refractivity contribution in [2.75, 3.05) is 20.8 Å². The van der Waals surface area contributed by atoms with Gasteiger partial charge in [0.15, 0.2) is 11.5 Å². The van der Waals surface area contributed by atoms with Gasteiger partial charge < -0.3 is 19.9 Å². The molecule has 0 aliphatic rings. The number of halogens is 1. The van der Waals surface area contributed by atoms with E-state index in [0.717, 1.165) is 5.56 Å². The fourth-order valence-corrected chi connectivity index (χ4v) is 3.46. The number of aryl methyl sites for hydroxylation is 1. The van der Waals surface area contributed by atoms with Gasteiger partial charge in [-0.3, -0.25) is 14.2 Å². The standard InChI is InChI=1S/C24H26FN3O5/c1-15-19(10-11-29)24(31)28(23(27-15)17-5-7-18(25)8-6-17)14-22(30)26-13-16-4-9-20(32-2)21(12-16)33-3/h4-9,12,29H,10-11,13-14H2,1-3H3,(H,26,30). The van der Waals surface area contributed by atoms with Crippen LogP contribution in [-0.2, 0) is 24.3 Å². The largest absolute Gasteiger partial charge is 0.493 e. The van der Waals surface area contributed by atoms with Crippen molar-refractivity contribution in [3.05, 3.63) is 75.5 Å². The Hall–Kier alpha value is -3.72. The summed E-state index contributed by atoms with van der Waals surface area (Å²) in [6.45, 7) is 1.37. The third kappa shape index (κ3) is 5.56. The average Bonchev–Trinajstić information content (AvgIpc) is 2.82. The van der Waals surface area contributed by atoms with Crippen molar-refractivity contribution in [3.8, 4) is 22.9 Å². The normalized spacial score (nSPS) is 10.7. The number of hydrogen-bond acceptors (Lipinski definition) is 6. The van der Waals surface area contributed by atoms with E-state index in [-0.39, 0.29) is 31.9 Å². The SMILES string of the molecule is COc1ccc(CNC(=O)Cn2c(-c3ccc(F)cc3)nc(C)c(CCO)c2=O)cc1OC. The molecule has 174 valence electrons. The van der Waals surface area contributed by atoms with Gasteiger partial charge in [0.25, 0.3) is 5.56 Å². The summed E-state index contributed by atoms with van der Waals surface area (Å²) < 4.78 is 25.1. The van der Waals surface area contributed by atoms with Crippen molar-refractivity contribution in [2.45, 2.75) is 26.4 Å². The number of nitrogens with zero attached hydrogens (tertiary/aromatic N) is 2. The third-order valence-electron chi connectivity index (χ3n) is 5.17. The van der Waals surface area contributed by atoms with Crippen LogP contribution in [0.4, 0.5) is 4.39 Å². The van der Waals surface area contributed by atoms with E-state index in [4.69, 9.17) is 9.47 Å². The van der Waals surface area contributed by atoms with Gasteiger partial charge in [0.2, 0.25) is 5.91 Å². The molecule has 0 unspecified atom stereocenters. The van der Waals surface area contributed by atoms with Gasteiger partial charge in [0.1, 0.15) is 18.2 Å². The van der Waals surface area contributed by atoms with Gasteiger partial charge in [0, 0.05) is 36.4 Å². The van der Waals surface area contributed by atoms with Crippen LogP contribution < -0.4 is 20.3 Å². The quantitative estimate of drug-likeness (QED) is 0.513. The number of rotatable bonds is 9. The molecule has 0 bridgehead atoms. The molecule has 3 rings (SSSR count). The fraction of sp³-hybridized carbons (Fsp3) is 0.292. The summed E-state index contributed by atoms with van der Waals surface area (Å²) in [7, 11) is 3.06. The number of aliphatic hydroxyl groups excluding tert-OH is 1. The van der Waals surface area contributed by atoms with E-state index >= 15 is 0 Å². The van der Waals surface area contributed by atoms with Gasteiger partial charge >= 0.3 is 0 Å². The molecular formula is C24H26FN3O5. The molecule has 0 radical (unpaired) electrons. The molecule has 0 saturated carbocycles. The summed E-state index contributed by atoms with van der Waals surface area (Å²) in [6.07, 6.45) is 0.120. The Kier molecular flexibility index (Phi) is 7.78. The summed E-state index contributed by atoms with van der Waals surface area (Å²) in [4.78, 5) is 30.4. The van der Waals surface area contributed by atoms with Gasteiger partial charge in [-0.15, -0.1) is 0 Å². The van der Waals surface area contributed by atoms with E-state index in [9.17, 15) is 19.1 Å². The molecule has 9 heteroatoms. The maximum Gasteiger partial charge on any atom is 0.257 e. The number of carbonyl (C=O) groups excluding carboxylic acids is 1. The number of hydrogen-bond donors (Lipinski definition) is 2. The zero-order valence-corrected chi connectivity index (χ0v) is 18.7. The Morgan fingerprint density at radius 3 is 2.45 bits per heavy atom. The lowest BCUT2D eigenvalue weighted by Crippen LogP contribution is -2.35. The molecule has 0 spiro atoms. The zero-order chi connectivity index (χ0) is 24.0. The van der Waals surface area contributed by atoms with Gasteiger partial charge in [-0.05, 0) is 48.9 Å². The Labute approximate surface area is 190 Å². The third-order valence-corrected chi connectivity index (χ3v) is 5.17. The second-order valence-corrected chi connectivity index (χ2v) is 7.34. The summed E-state index contributed by atoms with van der Waals surface area (Å²) in [5.41, 5.74) is 1.65. The van der Waals surface area contributed by atoms with E-state index < -0.39 is 17.3 Å². The highest BCUT2D eigenvalue weighted by atomic mass is 19.1. The van der Waals surface area contributed by atoms with Crippen molar-refractivity contribution in [2.24, 2.45) is 0 Å². The summed E-state index contributed by atoms with van der Waals surface area (Å²) in [5.74, 6) is 0.533. The first kappa shape index (κ1) is 23.9. The maximum atomic E-state index is 13.4. The van der Waals surface area contributed by atoms with Crippen LogP contribution in [-0.4, -0.2) is 41.4 Å². The van der Waals surface area contributed by atoms with Crippen LogP contribution in [0.1, 0.15) is 16.8 Å². The molecule has 2 aromatic carbocycles. The monoisotopic (exact) mass is 455 g/mol. The van der Waals surface area contributed by atoms with Crippen molar-refractivity contribution in [1.29, 1.82) is 0 Å². The predicted octanol–water partition coefficient (Wildman–Crippen LogP) is 2.23. The Morgan fingerprint density at radius 2 is 1.82 bits per heavy atom. The lowest BCUT2D eigenvalue weighted by atomic mass is 10.1. The fourth-order valence-electron chi connectivity index (χ4n) is 3.46. The van der Waals surface area contributed by atoms with E-state index in [0.29, 0.717) is 28.3 Å². The molecule has 0 fully saturated rings. The number of benzene rings is 2. The number of carbonyl (C=O) groups is 1. The Balaban J connectivity index is 1.88. The van der Waals surface area contributed by atoms with E-state index in [1.165, 1.54) is 43.1 Å². The molecule has 1 heterocycles. The first-order valence-electron chi connectivity index (χ1n) is 10.3. The summed E-state index contributed by atoms with van der Waals surface area (Å²) in [6, 6.07) is 10.8. The molecule has 0 atom stereocenters. The smallest absolute Gasteiger partial charge is 0.257 e. The molecule has 2 N–H and O–H groups in total. The molecule has 1 aromatic heterocycles. The van der Waals surface area contributed by atoms with Crippen LogP contribution in [0.3, 0.4) is 0 Å². The molecule has 33 heavy (non-hydrogen) atoms. The Bertz CT molecular complexity index is 1190. The first-order chi connectivity index (χ1) is 15.9. The highest BCUT2D eigenvalue weighted by Gasteiger charge is 2.18. The van der Waals surface area contributed by atoms with E-state index in [2.05, 4.69) is 10.3 Å². The molecule has 8 nitrogen and oxygen atoms in total. The summed E-state index contributed by atoms with van der Waals surface area (Å²) in [5, 5.41) is 12.1. The minimum atomic E-state index is -0.422. The molecular weight excluding hydrogens is 429 g/mol. The molecule has 0 aliphatic heterocycles. The number of ether oxygens (including phenoxy) is 2. The maximum absolute atomic E-state index is 13.4. The zero-order valence-electron chi connectivity index (χ0n) is 18.7. The lowest BCUT2D eigenvalue weighted by molar-refractivity contribution is -0.121. The van der Waals surface area contributed by atoms with Crippen LogP contribution in [0.25, 0.3) is 11.4 Å². The average molecular weight is 455 g/mol. The van der Waals surface area contributed by atoms with Crippen LogP contribution >= 0.6 is 0 Å². The van der Waals surface area contributed by atoms with Crippen LogP contribution in [0.5, 0.6) is 11.5 Å². The number of amides is 1. The van der Waals surface area contributed by atoms with E-state index in [1.54, 1.807) is 25.1 Å². The van der Waals surface area contributed by atoms with Crippen molar-refractivity contribution >= 4 is 5.91 Å². The van der Waals surface area contributed by atoms with Gasteiger partial charge in [-0.2, -0.15) is 0 Å². The van der Waals surface area contributed by atoms with Gasteiger partial charge in [-0.25, -0.2) is 9.37 Å². The number of aromatic nitrogens is 2. The van der Waals surface area contributed by atoms with Crippen molar-refractivity contribution < 1.29 is 23.8 Å². The van der Waals surface area contributed by atoms with Crippen LogP contribution in [0.15, 0.2) is 47.3 Å². The summed E-state index contributed by atoms with van der Waals surface area (Å²) >= 11 is 0. The number of nitrogens with one attached hydrogen (secondary N) is 1. The molecule has 0 aliphatic carbocycles. The topological polar surface area (TPSA) is 103 Å². The van der Waals surface area contributed by atoms with Gasteiger partial charge in [-0.1, -0.05) is 6.07 Å². The lowest BCUT2D eigenvalue weighted by Gasteiger charge is -2.16. The highest BCUT2D eigenvalue weighted by molar-refractivity contribution is 5.76. The van der Waals surface area contributed by atoms with Crippen molar-refractivity contribution in [3.63, 3.8) is 0 Å². The minimum absolute atomic E-state index is 0.120. The molecule has 3 aromatic rings. The predicted molar refractivity (Wildman–Crippen MR) is 121 cm³/mol. The highest BCUT2D eigenvalue weighted by Crippen LogP contribution is 2.27. The molecule has 1 amide bonds. The number of aliphatic hydroxyl groups is 1. The molecule has 0 saturated heterocycles. The minimum Gasteiger partial charge on any atom is -0.493 e.